The second-order valence-electron chi connectivity index (χ2n) is 4.14. The van der Waals surface area contributed by atoms with Crippen molar-refractivity contribution in [1.29, 1.82) is 0 Å². The minimum Gasteiger partial charge on any atom is -0.467 e. The summed E-state index contributed by atoms with van der Waals surface area (Å²) in [6.45, 7) is 0.242. The van der Waals surface area contributed by atoms with Crippen molar-refractivity contribution in [2.24, 2.45) is 0 Å². The van der Waals surface area contributed by atoms with Crippen LogP contribution in [0.4, 0.5) is 0 Å². The molecule has 0 amide bonds. The number of ether oxygens (including phenoxy) is 2. The Bertz CT molecular complexity index is 517. The minimum atomic E-state index is 0.189. The molecule has 2 aromatic rings. The molecule has 0 saturated carbocycles. The van der Waals surface area contributed by atoms with Crippen molar-refractivity contribution < 1.29 is 9.47 Å². The number of halogens is 1. The Morgan fingerprint density at radius 2 is 1.84 bits per heavy atom. The van der Waals surface area contributed by atoms with E-state index in [2.05, 4.69) is 36.4 Å². The van der Waals surface area contributed by atoms with Gasteiger partial charge in [-0.3, -0.25) is 0 Å². The maximum atomic E-state index is 5.99. The van der Waals surface area contributed by atoms with E-state index in [1.807, 2.05) is 12.1 Å². The summed E-state index contributed by atoms with van der Waals surface area (Å²) in [5.74, 6) is 0.798. The topological polar surface area (TPSA) is 18.5 Å². The maximum absolute atomic E-state index is 5.99. The van der Waals surface area contributed by atoms with Gasteiger partial charge in [0, 0.05) is 20.3 Å². The van der Waals surface area contributed by atoms with E-state index in [0.717, 1.165) is 17.5 Å². The molecule has 19 heavy (non-hydrogen) atoms. The fraction of sp³-hybridized carbons (Fsp3) is 0.200. The monoisotopic (exact) mass is 294 g/mol. The second-order valence-corrected chi connectivity index (χ2v) is 5.43. The highest BCUT2D eigenvalue weighted by Gasteiger charge is 2.05. The van der Waals surface area contributed by atoms with E-state index in [1.54, 1.807) is 7.11 Å². The van der Waals surface area contributed by atoms with Gasteiger partial charge >= 0.3 is 0 Å². The van der Waals surface area contributed by atoms with Gasteiger partial charge < -0.3 is 9.47 Å². The van der Waals surface area contributed by atoms with Crippen LogP contribution in [0.1, 0.15) is 11.1 Å². The van der Waals surface area contributed by atoms with Crippen molar-refractivity contribution in [2.45, 2.75) is 6.42 Å². The molecule has 0 heterocycles. The highest BCUT2D eigenvalue weighted by molar-refractivity contribution is 7.75. The minimum absolute atomic E-state index is 0.189. The Balaban J connectivity index is 2.14. The van der Waals surface area contributed by atoms with Crippen molar-refractivity contribution in [3.8, 4) is 5.75 Å². The van der Waals surface area contributed by atoms with Gasteiger partial charge in [-0.05, 0) is 29.7 Å². The number of methoxy groups -OCH3 is 1. The summed E-state index contributed by atoms with van der Waals surface area (Å²) in [6, 6.07) is 16.5. The number of hydrogen-bond acceptors (Lipinski definition) is 2. The van der Waals surface area contributed by atoms with Crippen LogP contribution in [0.2, 0.25) is 0 Å². The molecular weight excluding hydrogens is 279 g/mol. The average Bonchev–Trinajstić information content (AvgIpc) is 2.47. The Hall–Kier alpha value is -1.08. The van der Waals surface area contributed by atoms with Crippen LogP contribution in [-0.4, -0.2) is 13.9 Å². The van der Waals surface area contributed by atoms with Gasteiger partial charge in [-0.2, -0.15) is 0 Å². The first-order chi connectivity index (χ1) is 9.33. The highest BCUT2D eigenvalue weighted by atomic mass is 35.7. The first-order valence-corrected chi connectivity index (χ1v) is 8.00. The van der Waals surface area contributed by atoms with E-state index in [9.17, 15) is 0 Å². The maximum Gasteiger partial charge on any atom is 0.188 e. The Kier molecular flexibility index (Phi) is 5.65. The van der Waals surface area contributed by atoms with Crippen molar-refractivity contribution >= 4 is 24.5 Å². The summed E-state index contributed by atoms with van der Waals surface area (Å²) in [4.78, 5) is 0. The molecule has 1 atom stereocenters. The van der Waals surface area contributed by atoms with E-state index in [-0.39, 0.29) is 14.7 Å². The summed E-state index contributed by atoms with van der Waals surface area (Å²) in [5, 5.41) is 1.02. The normalized spacial score (nSPS) is 11.1. The first-order valence-electron chi connectivity index (χ1n) is 5.98. The van der Waals surface area contributed by atoms with Crippen molar-refractivity contribution in [3.05, 3.63) is 59.7 Å². The van der Waals surface area contributed by atoms with Gasteiger partial charge in [-0.25, -0.2) is 0 Å². The van der Waals surface area contributed by atoms with Crippen LogP contribution in [-0.2, 0) is 11.2 Å². The molecule has 0 aliphatic carbocycles. The van der Waals surface area contributed by atoms with Crippen LogP contribution < -0.4 is 10.0 Å². The summed E-state index contributed by atoms with van der Waals surface area (Å²) in [5.41, 5.74) is 2.52. The Morgan fingerprint density at radius 1 is 1.05 bits per heavy atom. The van der Waals surface area contributed by atoms with Crippen LogP contribution in [0.3, 0.4) is 0 Å². The average molecular weight is 295 g/mol. The number of benzene rings is 2. The fourth-order valence-corrected chi connectivity index (χ4v) is 2.77. The third-order valence-electron chi connectivity index (χ3n) is 2.73. The van der Waals surface area contributed by atoms with Crippen LogP contribution in [0, 0.1) is 0 Å². The van der Waals surface area contributed by atoms with E-state index < -0.39 is 0 Å². The van der Waals surface area contributed by atoms with Crippen LogP contribution >= 0.6 is 19.2 Å². The van der Waals surface area contributed by atoms with E-state index in [4.69, 9.17) is 20.7 Å². The van der Waals surface area contributed by atoms with Gasteiger partial charge in [-0.1, -0.05) is 47.6 Å². The summed E-state index contributed by atoms with van der Waals surface area (Å²) in [6.07, 6.45) is 0.903. The smallest absolute Gasteiger partial charge is 0.188 e. The summed E-state index contributed by atoms with van der Waals surface area (Å²) in [7, 11) is 1.79. The lowest BCUT2D eigenvalue weighted by Crippen LogP contribution is -2.07. The molecule has 0 spiro atoms. The van der Waals surface area contributed by atoms with Crippen LogP contribution in [0.25, 0.3) is 0 Å². The molecule has 2 nitrogen and oxygen atoms in total. The molecule has 0 radical (unpaired) electrons. The molecule has 100 valence electrons. The van der Waals surface area contributed by atoms with Crippen LogP contribution in [0.5, 0.6) is 5.75 Å². The first kappa shape index (κ1) is 14.3. The predicted octanol–water partition coefficient (Wildman–Crippen LogP) is 3.72. The molecule has 0 saturated heterocycles. The van der Waals surface area contributed by atoms with Gasteiger partial charge in [0.15, 0.2) is 6.79 Å². The number of rotatable bonds is 6. The Labute approximate surface area is 120 Å². The predicted molar refractivity (Wildman–Crippen MR) is 82.0 cm³/mol. The van der Waals surface area contributed by atoms with Crippen molar-refractivity contribution in [3.63, 3.8) is 0 Å². The third-order valence-corrected chi connectivity index (χ3v) is 3.93. The molecule has 0 N–H and O–H groups in total. The van der Waals surface area contributed by atoms with Crippen LogP contribution in [0.15, 0.2) is 48.5 Å². The van der Waals surface area contributed by atoms with Crippen molar-refractivity contribution in [1.82, 2.24) is 0 Å². The zero-order valence-electron chi connectivity index (χ0n) is 10.7. The fourth-order valence-electron chi connectivity index (χ4n) is 1.84. The molecule has 0 fully saturated rings. The lowest BCUT2D eigenvalue weighted by molar-refractivity contribution is 0.0519. The second kappa shape index (κ2) is 7.49. The van der Waals surface area contributed by atoms with E-state index in [0.29, 0.717) is 0 Å². The standard InChI is InChI=1S/C15H16ClO2P/c1-17-11-18-14-8-7-13(10-15(14)19-16)9-12-5-3-2-4-6-12/h2-8,10,19H,9,11H2,1H3. The molecular formula is C15H16ClO2P. The van der Waals surface area contributed by atoms with Gasteiger partial charge in [0.2, 0.25) is 0 Å². The molecule has 0 aliphatic heterocycles. The lowest BCUT2D eigenvalue weighted by atomic mass is 10.1. The van der Waals surface area contributed by atoms with E-state index >= 15 is 0 Å². The molecule has 0 bridgehead atoms. The third kappa shape index (κ3) is 4.21. The Morgan fingerprint density at radius 3 is 2.53 bits per heavy atom. The van der Waals surface area contributed by atoms with Gasteiger partial charge in [0.1, 0.15) is 5.75 Å². The zero-order valence-corrected chi connectivity index (χ0v) is 12.5. The lowest BCUT2D eigenvalue weighted by Gasteiger charge is -2.11. The highest BCUT2D eigenvalue weighted by Crippen LogP contribution is 2.25. The molecule has 2 aromatic carbocycles. The van der Waals surface area contributed by atoms with Gasteiger partial charge in [-0.15, -0.1) is 0 Å². The molecule has 1 unspecified atom stereocenters. The zero-order chi connectivity index (χ0) is 13.5. The van der Waals surface area contributed by atoms with Crippen molar-refractivity contribution in [2.75, 3.05) is 13.9 Å². The SMILES string of the molecule is COCOc1ccc(Cc2ccccc2)cc1PCl. The molecule has 0 aliphatic rings. The molecule has 2 rings (SSSR count). The molecule has 0 aromatic heterocycles. The summed E-state index contributed by atoms with van der Waals surface area (Å²) < 4.78 is 10.4. The quantitative estimate of drug-likeness (QED) is 0.597. The van der Waals surface area contributed by atoms with Gasteiger partial charge in [0.25, 0.3) is 0 Å². The van der Waals surface area contributed by atoms with E-state index in [1.165, 1.54) is 11.1 Å². The number of hydrogen-bond donors (Lipinski definition) is 0. The van der Waals surface area contributed by atoms with Gasteiger partial charge in [0.05, 0.1) is 0 Å². The summed E-state index contributed by atoms with van der Waals surface area (Å²) >= 11 is 5.99. The molecule has 4 heteroatoms. The largest absolute Gasteiger partial charge is 0.467 e.